The van der Waals surface area contributed by atoms with Gasteiger partial charge in [0.05, 0.1) is 12.7 Å². The number of carbonyl (C=O) groups excluding carboxylic acids is 1. The lowest BCUT2D eigenvalue weighted by Gasteiger charge is -2.20. The average Bonchev–Trinajstić information content (AvgIpc) is 3.04. The zero-order valence-corrected chi connectivity index (χ0v) is 13.4. The summed E-state index contributed by atoms with van der Waals surface area (Å²) in [6.45, 7) is 6.12. The van der Waals surface area contributed by atoms with Crippen LogP contribution in [0.25, 0.3) is 0 Å². The average molecular weight is 293 g/mol. The summed E-state index contributed by atoms with van der Waals surface area (Å²) in [6.07, 6.45) is 5.94. The second-order valence-electron chi connectivity index (χ2n) is 6.13. The van der Waals surface area contributed by atoms with Crippen LogP contribution in [0.2, 0.25) is 0 Å². The number of likely N-dealkylation sites (N-methyl/N-ethyl adjacent to an activating group) is 1. The Labute approximate surface area is 127 Å². The predicted octanol–water partition coefficient (Wildman–Crippen LogP) is 0.334. The summed E-state index contributed by atoms with van der Waals surface area (Å²) in [6, 6.07) is 0.584. The van der Waals surface area contributed by atoms with Gasteiger partial charge in [-0.1, -0.05) is 0 Å². The van der Waals surface area contributed by atoms with Crippen LogP contribution in [0.3, 0.4) is 0 Å². The molecule has 2 heterocycles. The largest absolute Gasteiger partial charge is 0.355 e. The number of hydrogen-bond acceptors (Lipinski definition) is 4. The Bertz CT molecular complexity index is 457. The van der Waals surface area contributed by atoms with Crippen molar-refractivity contribution in [2.24, 2.45) is 0 Å². The molecule has 1 saturated heterocycles. The molecule has 0 aromatic carbocycles. The maximum Gasteiger partial charge on any atom is 0.234 e. The maximum absolute atomic E-state index is 11.9. The Morgan fingerprint density at radius 1 is 1.52 bits per heavy atom. The first-order valence-corrected chi connectivity index (χ1v) is 7.69. The molecule has 6 heteroatoms. The molecule has 0 aliphatic carbocycles. The molecule has 1 aliphatic rings. The summed E-state index contributed by atoms with van der Waals surface area (Å²) in [4.78, 5) is 16.4. The minimum Gasteiger partial charge on any atom is -0.355 e. The Hall–Kier alpha value is -1.40. The topological polar surface area (TPSA) is 53.4 Å². The highest BCUT2D eigenvalue weighted by molar-refractivity contribution is 5.78. The van der Waals surface area contributed by atoms with Gasteiger partial charge in [0, 0.05) is 38.4 Å². The highest BCUT2D eigenvalue weighted by Crippen LogP contribution is 2.12. The summed E-state index contributed by atoms with van der Waals surface area (Å²) >= 11 is 0. The van der Waals surface area contributed by atoms with Crippen LogP contribution in [-0.2, 0) is 11.3 Å². The number of aromatic nitrogens is 2. The van der Waals surface area contributed by atoms with Gasteiger partial charge in [0.1, 0.15) is 0 Å². The van der Waals surface area contributed by atoms with E-state index in [0.717, 1.165) is 32.5 Å². The van der Waals surface area contributed by atoms with Crippen molar-refractivity contribution in [3.63, 3.8) is 0 Å². The molecule has 6 nitrogen and oxygen atoms in total. The van der Waals surface area contributed by atoms with Crippen LogP contribution in [0.4, 0.5) is 0 Å². The molecule has 118 valence electrons. The second-order valence-corrected chi connectivity index (χ2v) is 6.13. The predicted molar refractivity (Wildman–Crippen MR) is 83.1 cm³/mol. The van der Waals surface area contributed by atoms with Crippen molar-refractivity contribution in [3.05, 3.63) is 18.0 Å². The lowest BCUT2D eigenvalue weighted by molar-refractivity contribution is -0.122. The number of nitrogens with one attached hydrogen (secondary N) is 1. The van der Waals surface area contributed by atoms with Gasteiger partial charge in [0.2, 0.25) is 5.91 Å². The van der Waals surface area contributed by atoms with Gasteiger partial charge in [-0.05, 0) is 39.4 Å². The maximum atomic E-state index is 11.9. The zero-order valence-electron chi connectivity index (χ0n) is 13.4. The van der Waals surface area contributed by atoms with Crippen LogP contribution in [0, 0.1) is 6.92 Å². The van der Waals surface area contributed by atoms with E-state index < -0.39 is 0 Å². The molecule has 1 atom stereocenters. The fourth-order valence-corrected chi connectivity index (χ4v) is 2.69. The van der Waals surface area contributed by atoms with E-state index in [2.05, 4.69) is 34.3 Å². The van der Waals surface area contributed by atoms with Crippen LogP contribution in [0.5, 0.6) is 0 Å². The van der Waals surface area contributed by atoms with Crippen molar-refractivity contribution in [2.45, 2.75) is 32.4 Å². The Morgan fingerprint density at radius 2 is 2.33 bits per heavy atom. The number of hydrogen-bond donors (Lipinski definition) is 1. The van der Waals surface area contributed by atoms with E-state index in [1.54, 1.807) is 0 Å². The number of carbonyl (C=O) groups is 1. The third-order valence-corrected chi connectivity index (χ3v) is 3.99. The molecular formula is C15H27N5O. The molecule has 2 rings (SSSR count). The second kappa shape index (κ2) is 7.56. The number of rotatable bonds is 7. The van der Waals surface area contributed by atoms with Gasteiger partial charge in [0.15, 0.2) is 0 Å². The molecule has 0 bridgehead atoms. The molecule has 0 radical (unpaired) electrons. The molecule has 0 saturated carbocycles. The van der Waals surface area contributed by atoms with Gasteiger partial charge in [-0.3, -0.25) is 14.4 Å². The highest BCUT2D eigenvalue weighted by Gasteiger charge is 2.24. The molecule has 1 aliphatic heterocycles. The summed E-state index contributed by atoms with van der Waals surface area (Å²) in [5.41, 5.74) is 1.17. The van der Waals surface area contributed by atoms with Crippen molar-refractivity contribution in [2.75, 3.05) is 40.3 Å². The van der Waals surface area contributed by atoms with Gasteiger partial charge in [-0.15, -0.1) is 0 Å². The van der Waals surface area contributed by atoms with E-state index in [4.69, 9.17) is 0 Å². The monoisotopic (exact) mass is 293 g/mol. The standard InChI is InChI=1S/C15H27N5O/c1-13-9-17-20(10-13)7-4-6-16-15(21)12-19-8-5-14(11-19)18(2)3/h9-10,14H,4-8,11-12H2,1-3H3,(H,16,21). The molecule has 1 aromatic heterocycles. The minimum absolute atomic E-state index is 0.131. The fourth-order valence-electron chi connectivity index (χ4n) is 2.69. The number of nitrogens with zero attached hydrogens (tertiary/aromatic N) is 4. The van der Waals surface area contributed by atoms with Crippen molar-refractivity contribution in [1.29, 1.82) is 0 Å². The van der Waals surface area contributed by atoms with E-state index in [1.807, 2.05) is 24.0 Å². The molecule has 1 N–H and O–H groups in total. The van der Waals surface area contributed by atoms with Gasteiger partial charge >= 0.3 is 0 Å². The summed E-state index contributed by atoms with van der Waals surface area (Å²) in [5.74, 6) is 0.131. The smallest absolute Gasteiger partial charge is 0.234 e. The van der Waals surface area contributed by atoms with Gasteiger partial charge < -0.3 is 10.2 Å². The number of likely N-dealkylation sites (tertiary alicyclic amines) is 1. The molecule has 1 amide bonds. The first kappa shape index (κ1) is 16.0. The molecule has 21 heavy (non-hydrogen) atoms. The van der Waals surface area contributed by atoms with E-state index in [1.165, 1.54) is 5.56 Å². The molecule has 1 aromatic rings. The van der Waals surface area contributed by atoms with Gasteiger partial charge in [-0.2, -0.15) is 5.10 Å². The summed E-state index contributed by atoms with van der Waals surface area (Å²) in [7, 11) is 4.20. The zero-order chi connectivity index (χ0) is 15.2. The normalized spacial score (nSPS) is 19.3. The summed E-state index contributed by atoms with van der Waals surface area (Å²) in [5, 5.41) is 7.23. The van der Waals surface area contributed by atoms with Crippen molar-refractivity contribution in [3.8, 4) is 0 Å². The molecule has 0 spiro atoms. The van der Waals surface area contributed by atoms with E-state index in [0.29, 0.717) is 19.1 Å². The lowest BCUT2D eigenvalue weighted by Crippen LogP contribution is -2.38. The van der Waals surface area contributed by atoms with Crippen LogP contribution in [0.15, 0.2) is 12.4 Å². The van der Waals surface area contributed by atoms with Crippen LogP contribution in [0.1, 0.15) is 18.4 Å². The van der Waals surface area contributed by atoms with Crippen molar-refractivity contribution < 1.29 is 4.79 Å². The third kappa shape index (κ3) is 5.13. The van der Waals surface area contributed by atoms with Crippen LogP contribution >= 0.6 is 0 Å². The minimum atomic E-state index is 0.131. The Morgan fingerprint density at radius 3 is 2.95 bits per heavy atom. The fraction of sp³-hybridized carbons (Fsp3) is 0.733. The quantitative estimate of drug-likeness (QED) is 0.736. The molecule has 1 unspecified atom stereocenters. The molecular weight excluding hydrogens is 266 g/mol. The van der Waals surface area contributed by atoms with Crippen molar-refractivity contribution in [1.82, 2.24) is 24.9 Å². The first-order chi connectivity index (χ1) is 10.0. The highest BCUT2D eigenvalue weighted by atomic mass is 16.2. The third-order valence-electron chi connectivity index (χ3n) is 3.99. The van der Waals surface area contributed by atoms with Crippen molar-refractivity contribution >= 4 is 5.91 Å². The van der Waals surface area contributed by atoms with Gasteiger partial charge in [-0.25, -0.2) is 0 Å². The van der Waals surface area contributed by atoms with Crippen LogP contribution < -0.4 is 5.32 Å². The summed E-state index contributed by atoms with van der Waals surface area (Å²) < 4.78 is 1.92. The lowest BCUT2D eigenvalue weighted by atomic mass is 10.2. The number of aryl methyl sites for hydroxylation is 2. The Kier molecular flexibility index (Phi) is 5.76. The van der Waals surface area contributed by atoms with Gasteiger partial charge in [0.25, 0.3) is 0 Å². The first-order valence-electron chi connectivity index (χ1n) is 7.69. The number of amides is 1. The van der Waals surface area contributed by atoms with E-state index in [-0.39, 0.29) is 5.91 Å². The van der Waals surface area contributed by atoms with E-state index >= 15 is 0 Å². The molecule has 1 fully saturated rings. The van der Waals surface area contributed by atoms with E-state index in [9.17, 15) is 4.79 Å². The SMILES string of the molecule is Cc1cnn(CCCNC(=O)CN2CCC(N(C)C)C2)c1. The van der Waals surface area contributed by atoms with Crippen LogP contribution in [-0.4, -0.2) is 71.8 Å². The Balaban J connectivity index is 1.58.